The van der Waals surface area contributed by atoms with E-state index in [9.17, 15) is 5.11 Å². The molecule has 1 saturated heterocycles. The lowest BCUT2D eigenvalue weighted by Gasteiger charge is -2.37. The van der Waals surface area contributed by atoms with E-state index in [2.05, 4.69) is 16.3 Å². The Morgan fingerprint density at radius 3 is 2.70 bits per heavy atom. The van der Waals surface area contributed by atoms with Gasteiger partial charge in [-0.25, -0.2) is 0 Å². The van der Waals surface area contributed by atoms with Gasteiger partial charge in [0.1, 0.15) is 0 Å². The Morgan fingerprint density at radius 1 is 1.26 bits per heavy atom. The van der Waals surface area contributed by atoms with Crippen molar-refractivity contribution in [3.8, 4) is 6.07 Å². The monoisotopic (exact) mass is 313 g/mol. The number of nitriles is 1. The molecule has 2 fully saturated rings. The number of aliphatic hydroxyl groups is 1. The first-order valence-corrected chi connectivity index (χ1v) is 8.88. The maximum Gasteiger partial charge on any atom is 0.0991 e. The molecule has 124 valence electrons. The molecule has 1 aliphatic heterocycles. The summed E-state index contributed by atoms with van der Waals surface area (Å²) < 4.78 is 0. The lowest BCUT2D eigenvalue weighted by atomic mass is 9.77. The molecule has 3 rings (SSSR count). The molecule has 0 radical (unpaired) electrons. The fraction of sp³-hybridized carbons (Fsp3) is 0.632. The van der Waals surface area contributed by atoms with Gasteiger partial charge in [0.2, 0.25) is 0 Å². The quantitative estimate of drug-likeness (QED) is 0.876. The third-order valence-electron chi connectivity index (χ3n) is 5.40. The van der Waals surface area contributed by atoms with Crippen molar-refractivity contribution in [2.75, 3.05) is 26.2 Å². The van der Waals surface area contributed by atoms with Crippen LogP contribution in [-0.2, 0) is 5.60 Å². The topological polar surface area (TPSA) is 59.3 Å². The second kappa shape index (κ2) is 7.44. The third-order valence-corrected chi connectivity index (χ3v) is 5.40. The van der Waals surface area contributed by atoms with E-state index in [4.69, 9.17) is 5.26 Å². The molecule has 1 aliphatic carbocycles. The first kappa shape index (κ1) is 16.4. The maximum absolute atomic E-state index is 10.9. The van der Waals surface area contributed by atoms with Crippen molar-refractivity contribution < 1.29 is 5.11 Å². The summed E-state index contributed by atoms with van der Waals surface area (Å²) in [4.78, 5) is 2.53. The molecule has 23 heavy (non-hydrogen) atoms. The molecule has 1 heterocycles. The Kier molecular flexibility index (Phi) is 5.32. The average molecular weight is 313 g/mol. The number of hydrogen-bond acceptors (Lipinski definition) is 4. The molecule has 2 N–H and O–H groups in total. The second-order valence-electron chi connectivity index (χ2n) is 7.00. The van der Waals surface area contributed by atoms with Gasteiger partial charge in [-0.1, -0.05) is 12.1 Å². The number of hydrogen-bond donors (Lipinski definition) is 2. The summed E-state index contributed by atoms with van der Waals surface area (Å²) in [6.45, 7) is 4.70. The van der Waals surface area contributed by atoms with Crippen LogP contribution < -0.4 is 5.32 Å². The number of benzene rings is 1. The van der Waals surface area contributed by atoms with Gasteiger partial charge in [0.25, 0.3) is 0 Å². The van der Waals surface area contributed by atoms with Gasteiger partial charge < -0.3 is 15.3 Å². The van der Waals surface area contributed by atoms with Gasteiger partial charge >= 0.3 is 0 Å². The fourth-order valence-corrected chi connectivity index (χ4v) is 3.90. The van der Waals surface area contributed by atoms with Crippen LogP contribution in [0, 0.1) is 11.3 Å². The molecule has 4 nitrogen and oxygen atoms in total. The first-order valence-electron chi connectivity index (χ1n) is 8.88. The predicted molar refractivity (Wildman–Crippen MR) is 91.0 cm³/mol. The molecule has 1 aromatic carbocycles. The molecule has 0 aromatic heterocycles. The first-order chi connectivity index (χ1) is 11.2. The van der Waals surface area contributed by atoms with Gasteiger partial charge in [0.15, 0.2) is 0 Å². The molecule has 1 aromatic rings. The SMILES string of the molecule is N#Cc1cccc([C@]2(O)CC[C@@H](NCCN3CCCC3)CC2)c1. The molecule has 4 heteroatoms. The Hall–Kier alpha value is -1.41. The van der Waals surface area contributed by atoms with E-state index in [1.54, 1.807) is 6.07 Å². The molecular weight excluding hydrogens is 286 g/mol. The summed E-state index contributed by atoms with van der Waals surface area (Å²) in [5, 5.41) is 23.6. The molecule has 0 unspecified atom stereocenters. The standard InChI is InChI=1S/C19H27N3O/c20-15-16-4-3-5-17(14-16)19(23)8-6-18(7-9-19)21-10-13-22-11-1-2-12-22/h3-5,14,18,21,23H,1-2,6-13H2/t18-,19+. The van der Waals surface area contributed by atoms with E-state index in [1.165, 1.54) is 25.9 Å². The molecule has 0 spiro atoms. The van der Waals surface area contributed by atoms with Crippen LogP contribution in [0.2, 0.25) is 0 Å². The van der Waals surface area contributed by atoms with Crippen LogP contribution in [0.1, 0.15) is 49.7 Å². The zero-order valence-electron chi connectivity index (χ0n) is 13.8. The summed E-state index contributed by atoms with van der Waals surface area (Å²) in [6, 6.07) is 10.1. The van der Waals surface area contributed by atoms with Crippen molar-refractivity contribution in [2.24, 2.45) is 0 Å². The Bertz CT molecular complexity index is 552. The van der Waals surface area contributed by atoms with Crippen molar-refractivity contribution in [3.63, 3.8) is 0 Å². The highest BCUT2D eigenvalue weighted by molar-refractivity contribution is 5.35. The van der Waals surface area contributed by atoms with Gasteiger partial charge in [0.05, 0.1) is 17.2 Å². The highest BCUT2D eigenvalue weighted by atomic mass is 16.3. The number of nitrogens with zero attached hydrogens (tertiary/aromatic N) is 2. The van der Waals surface area contributed by atoms with Crippen LogP contribution in [-0.4, -0.2) is 42.2 Å². The van der Waals surface area contributed by atoms with E-state index in [0.717, 1.165) is 44.3 Å². The summed E-state index contributed by atoms with van der Waals surface area (Å²) in [7, 11) is 0. The molecule has 0 bridgehead atoms. The van der Waals surface area contributed by atoms with Gasteiger partial charge in [-0.15, -0.1) is 0 Å². The molecular formula is C19H27N3O. The second-order valence-corrected chi connectivity index (χ2v) is 7.00. The van der Waals surface area contributed by atoms with Crippen LogP contribution in [0.25, 0.3) is 0 Å². The smallest absolute Gasteiger partial charge is 0.0991 e. The molecule has 0 atom stereocenters. The number of likely N-dealkylation sites (tertiary alicyclic amines) is 1. The highest BCUT2D eigenvalue weighted by Crippen LogP contribution is 2.37. The predicted octanol–water partition coefficient (Wildman–Crippen LogP) is 2.37. The van der Waals surface area contributed by atoms with Crippen LogP contribution >= 0.6 is 0 Å². The van der Waals surface area contributed by atoms with Crippen LogP contribution in [0.5, 0.6) is 0 Å². The highest BCUT2D eigenvalue weighted by Gasteiger charge is 2.34. The van der Waals surface area contributed by atoms with Crippen molar-refractivity contribution in [1.29, 1.82) is 5.26 Å². The normalized spacial score (nSPS) is 28.6. The zero-order valence-corrected chi connectivity index (χ0v) is 13.8. The Balaban J connectivity index is 1.48. The van der Waals surface area contributed by atoms with Crippen LogP contribution in [0.4, 0.5) is 0 Å². The zero-order chi connectivity index (χ0) is 16.1. The fourth-order valence-electron chi connectivity index (χ4n) is 3.90. The van der Waals surface area contributed by atoms with E-state index < -0.39 is 5.60 Å². The molecule has 2 aliphatic rings. The van der Waals surface area contributed by atoms with E-state index in [0.29, 0.717) is 11.6 Å². The summed E-state index contributed by atoms with van der Waals surface area (Å²) >= 11 is 0. The maximum atomic E-state index is 10.9. The van der Waals surface area contributed by atoms with Gasteiger partial charge in [0, 0.05) is 19.1 Å². The largest absolute Gasteiger partial charge is 0.385 e. The minimum atomic E-state index is -0.764. The Morgan fingerprint density at radius 2 is 2.00 bits per heavy atom. The number of nitrogens with one attached hydrogen (secondary N) is 1. The minimum absolute atomic E-state index is 0.511. The van der Waals surface area contributed by atoms with E-state index >= 15 is 0 Å². The minimum Gasteiger partial charge on any atom is -0.385 e. The van der Waals surface area contributed by atoms with Crippen molar-refractivity contribution >= 4 is 0 Å². The van der Waals surface area contributed by atoms with E-state index in [1.807, 2.05) is 18.2 Å². The summed E-state index contributed by atoms with van der Waals surface area (Å²) in [6.07, 6.45) is 6.21. The lowest BCUT2D eigenvalue weighted by molar-refractivity contribution is -0.00843. The van der Waals surface area contributed by atoms with Crippen LogP contribution in [0.15, 0.2) is 24.3 Å². The Labute approximate surface area is 139 Å². The van der Waals surface area contributed by atoms with Crippen molar-refractivity contribution in [3.05, 3.63) is 35.4 Å². The van der Waals surface area contributed by atoms with Crippen LogP contribution in [0.3, 0.4) is 0 Å². The van der Waals surface area contributed by atoms with Crippen molar-refractivity contribution in [2.45, 2.75) is 50.2 Å². The van der Waals surface area contributed by atoms with E-state index in [-0.39, 0.29) is 0 Å². The number of rotatable bonds is 5. The molecule has 1 saturated carbocycles. The summed E-state index contributed by atoms with van der Waals surface area (Å²) in [5.74, 6) is 0. The lowest BCUT2D eigenvalue weighted by Crippen LogP contribution is -2.42. The average Bonchev–Trinajstić information content (AvgIpc) is 3.10. The van der Waals surface area contributed by atoms with Gasteiger partial charge in [-0.2, -0.15) is 5.26 Å². The summed E-state index contributed by atoms with van der Waals surface area (Å²) in [5.41, 5.74) is 0.758. The van der Waals surface area contributed by atoms with Gasteiger partial charge in [-0.3, -0.25) is 0 Å². The van der Waals surface area contributed by atoms with Gasteiger partial charge in [-0.05, 0) is 69.3 Å². The third kappa shape index (κ3) is 4.11. The molecule has 0 amide bonds. The van der Waals surface area contributed by atoms with Crippen molar-refractivity contribution in [1.82, 2.24) is 10.2 Å².